The second kappa shape index (κ2) is 5.24. The quantitative estimate of drug-likeness (QED) is 0.724. The predicted octanol–water partition coefficient (Wildman–Crippen LogP) is 0.493. The molecule has 5 heteroatoms. The molecule has 0 heterocycles. The van der Waals surface area contributed by atoms with E-state index in [1.165, 1.54) is 31.9 Å². The minimum Gasteiger partial charge on any atom is -0.314 e. The molecular formula is C12H24N2O2S. The summed E-state index contributed by atoms with van der Waals surface area (Å²) in [4.78, 5) is 2.23. The van der Waals surface area contributed by atoms with Crippen molar-refractivity contribution in [2.24, 2.45) is 5.92 Å². The Morgan fingerprint density at radius 3 is 2.41 bits per heavy atom. The van der Waals surface area contributed by atoms with Gasteiger partial charge in [0.1, 0.15) is 9.84 Å². The van der Waals surface area contributed by atoms with E-state index in [9.17, 15) is 8.42 Å². The maximum atomic E-state index is 11.1. The predicted molar refractivity (Wildman–Crippen MR) is 69.9 cm³/mol. The average molecular weight is 260 g/mol. The van der Waals surface area contributed by atoms with Crippen LogP contribution in [0.2, 0.25) is 0 Å². The molecule has 0 amide bonds. The van der Waals surface area contributed by atoms with Gasteiger partial charge < -0.3 is 10.2 Å². The van der Waals surface area contributed by atoms with Crippen molar-refractivity contribution in [1.82, 2.24) is 10.2 Å². The molecule has 2 saturated carbocycles. The van der Waals surface area contributed by atoms with Gasteiger partial charge in [-0.1, -0.05) is 0 Å². The van der Waals surface area contributed by atoms with E-state index in [-0.39, 0.29) is 5.75 Å². The average Bonchev–Trinajstić information content (AvgIpc) is 2.96. The fourth-order valence-electron chi connectivity index (χ4n) is 2.45. The van der Waals surface area contributed by atoms with Crippen LogP contribution >= 0.6 is 0 Å². The molecule has 2 atom stereocenters. The molecular weight excluding hydrogens is 236 g/mol. The zero-order valence-corrected chi connectivity index (χ0v) is 11.7. The van der Waals surface area contributed by atoms with Gasteiger partial charge in [-0.25, -0.2) is 8.42 Å². The van der Waals surface area contributed by atoms with E-state index in [4.69, 9.17) is 0 Å². The van der Waals surface area contributed by atoms with Crippen LogP contribution in [0.25, 0.3) is 0 Å². The standard InChI is InChI=1S/C12H24N2O2S/c1-14(7-8-17(2,15)16)12-6-3-10(12)9-13-11-4-5-11/h10-13H,3-9H2,1-2H3. The van der Waals surface area contributed by atoms with Crippen molar-refractivity contribution in [2.45, 2.75) is 37.8 Å². The number of hydrogen-bond donors (Lipinski definition) is 1. The van der Waals surface area contributed by atoms with E-state index in [0.717, 1.165) is 18.5 Å². The first-order chi connectivity index (χ1) is 7.96. The Labute approximate surface area is 105 Å². The number of hydrogen-bond acceptors (Lipinski definition) is 4. The molecule has 2 rings (SSSR count). The van der Waals surface area contributed by atoms with E-state index in [1.54, 1.807) is 0 Å². The van der Waals surface area contributed by atoms with E-state index < -0.39 is 9.84 Å². The van der Waals surface area contributed by atoms with Crippen LogP contribution in [0.3, 0.4) is 0 Å². The summed E-state index contributed by atoms with van der Waals surface area (Å²) in [5.74, 6) is 1.00. The van der Waals surface area contributed by atoms with Gasteiger partial charge in [0.25, 0.3) is 0 Å². The van der Waals surface area contributed by atoms with Crippen LogP contribution in [0.5, 0.6) is 0 Å². The van der Waals surface area contributed by atoms with Crippen molar-refractivity contribution in [2.75, 3.05) is 32.1 Å². The highest BCUT2D eigenvalue weighted by atomic mass is 32.2. The molecule has 100 valence electrons. The molecule has 2 aliphatic carbocycles. The summed E-state index contributed by atoms with van der Waals surface area (Å²) >= 11 is 0. The topological polar surface area (TPSA) is 49.4 Å². The highest BCUT2D eigenvalue weighted by Gasteiger charge is 2.34. The van der Waals surface area contributed by atoms with Gasteiger partial charge in [-0.05, 0) is 45.2 Å². The molecule has 0 aromatic carbocycles. The third-order valence-electron chi connectivity index (χ3n) is 4.00. The molecule has 1 N–H and O–H groups in total. The van der Waals surface area contributed by atoms with Crippen LogP contribution < -0.4 is 5.32 Å². The molecule has 0 radical (unpaired) electrons. The summed E-state index contributed by atoms with van der Waals surface area (Å²) < 4.78 is 22.3. The lowest BCUT2D eigenvalue weighted by Gasteiger charge is -2.43. The molecule has 2 fully saturated rings. The minimum absolute atomic E-state index is 0.281. The monoisotopic (exact) mass is 260 g/mol. The number of sulfone groups is 1. The Morgan fingerprint density at radius 2 is 1.94 bits per heavy atom. The van der Waals surface area contributed by atoms with Crippen molar-refractivity contribution in [3.05, 3.63) is 0 Å². The number of nitrogens with zero attached hydrogens (tertiary/aromatic N) is 1. The lowest BCUT2D eigenvalue weighted by molar-refractivity contribution is 0.0887. The summed E-state index contributed by atoms with van der Waals surface area (Å²) in [5, 5.41) is 3.57. The highest BCUT2D eigenvalue weighted by molar-refractivity contribution is 7.90. The zero-order valence-electron chi connectivity index (χ0n) is 10.9. The molecule has 0 saturated heterocycles. The first-order valence-corrected chi connectivity index (χ1v) is 8.63. The van der Waals surface area contributed by atoms with Crippen molar-refractivity contribution in [3.63, 3.8) is 0 Å². The fraction of sp³-hybridized carbons (Fsp3) is 1.00. The van der Waals surface area contributed by atoms with Gasteiger partial charge in [-0.2, -0.15) is 0 Å². The van der Waals surface area contributed by atoms with E-state index in [1.807, 2.05) is 0 Å². The molecule has 4 nitrogen and oxygen atoms in total. The van der Waals surface area contributed by atoms with Crippen LogP contribution in [0.15, 0.2) is 0 Å². The van der Waals surface area contributed by atoms with Crippen molar-refractivity contribution in [1.29, 1.82) is 0 Å². The minimum atomic E-state index is -2.83. The van der Waals surface area contributed by atoms with Gasteiger partial charge >= 0.3 is 0 Å². The van der Waals surface area contributed by atoms with Crippen LogP contribution in [0, 0.1) is 5.92 Å². The molecule has 0 bridgehead atoms. The molecule has 2 unspecified atom stereocenters. The van der Waals surface area contributed by atoms with Crippen LogP contribution in [-0.2, 0) is 9.84 Å². The van der Waals surface area contributed by atoms with Crippen molar-refractivity contribution in [3.8, 4) is 0 Å². The maximum Gasteiger partial charge on any atom is 0.148 e. The van der Waals surface area contributed by atoms with Gasteiger partial charge in [-0.15, -0.1) is 0 Å². The first-order valence-electron chi connectivity index (χ1n) is 6.57. The molecule has 0 aromatic heterocycles. The largest absolute Gasteiger partial charge is 0.314 e. The van der Waals surface area contributed by atoms with Crippen molar-refractivity contribution >= 4 is 9.84 Å². The molecule has 2 aliphatic rings. The SMILES string of the molecule is CN(CCS(C)(=O)=O)C1CCC1CNC1CC1. The summed E-state index contributed by atoms with van der Waals surface area (Å²) in [6.07, 6.45) is 6.49. The van der Waals surface area contributed by atoms with Crippen LogP contribution in [0.1, 0.15) is 25.7 Å². The fourth-order valence-corrected chi connectivity index (χ4v) is 3.07. The van der Waals surface area contributed by atoms with Crippen LogP contribution in [0.4, 0.5) is 0 Å². The summed E-state index contributed by atoms with van der Waals surface area (Å²) in [6.45, 7) is 1.78. The lowest BCUT2D eigenvalue weighted by atomic mass is 9.78. The van der Waals surface area contributed by atoms with E-state index >= 15 is 0 Å². The maximum absolute atomic E-state index is 11.1. The Balaban J connectivity index is 1.69. The van der Waals surface area contributed by atoms with Gasteiger partial charge in [0.05, 0.1) is 5.75 Å². The zero-order chi connectivity index (χ0) is 12.5. The Morgan fingerprint density at radius 1 is 1.24 bits per heavy atom. The number of rotatable bonds is 7. The van der Waals surface area contributed by atoms with Gasteiger partial charge in [0.15, 0.2) is 0 Å². The Hall–Kier alpha value is -0.130. The molecule has 0 spiro atoms. The van der Waals surface area contributed by atoms with Gasteiger partial charge in [0.2, 0.25) is 0 Å². The second-order valence-electron chi connectivity index (χ2n) is 5.70. The van der Waals surface area contributed by atoms with Gasteiger partial charge in [-0.3, -0.25) is 0 Å². The summed E-state index contributed by atoms with van der Waals surface area (Å²) in [7, 11) is -0.773. The second-order valence-corrected chi connectivity index (χ2v) is 7.96. The first kappa shape index (κ1) is 13.3. The molecule has 0 aromatic rings. The lowest BCUT2D eigenvalue weighted by Crippen LogP contribution is -2.50. The summed E-state index contributed by atoms with van der Waals surface area (Å²) in [5.41, 5.74) is 0. The van der Waals surface area contributed by atoms with Crippen LogP contribution in [-0.4, -0.2) is 57.5 Å². The highest BCUT2D eigenvalue weighted by Crippen LogP contribution is 2.31. The summed E-state index contributed by atoms with van der Waals surface area (Å²) in [6, 6.07) is 1.36. The Bertz CT molecular complexity index is 352. The third kappa shape index (κ3) is 4.23. The number of nitrogens with one attached hydrogen (secondary N) is 1. The smallest absolute Gasteiger partial charge is 0.148 e. The van der Waals surface area contributed by atoms with E-state index in [2.05, 4.69) is 17.3 Å². The Kier molecular flexibility index (Phi) is 4.10. The third-order valence-corrected chi connectivity index (χ3v) is 4.93. The normalized spacial score (nSPS) is 29.4. The van der Waals surface area contributed by atoms with E-state index in [0.29, 0.717) is 12.6 Å². The molecule has 17 heavy (non-hydrogen) atoms. The van der Waals surface area contributed by atoms with Gasteiger partial charge in [0, 0.05) is 24.9 Å². The van der Waals surface area contributed by atoms with Crippen molar-refractivity contribution < 1.29 is 8.42 Å². The molecule has 0 aliphatic heterocycles.